The molecule has 0 fully saturated rings. The van der Waals surface area contributed by atoms with Gasteiger partial charge in [0.25, 0.3) is 0 Å². The van der Waals surface area contributed by atoms with Gasteiger partial charge in [-0.1, -0.05) is 11.6 Å². The monoisotopic (exact) mass is 315 g/mol. The molecule has 2 N–H and O–H groups in total. The number of carbonyl (C=O) groups excluding carboxylic acids is 1. The van der Waals surface area contributed by atoms with Crippen LogP contribution in [0.15, 0.2) is 12.1 Å². The van der Waals surface area contributed by atoms with E-state index in [1.54, 1.807) is 12.1 Å². The van der Waals surface area contributed by atoms with Crippen molar-refractivity contribution in [3.8, 4) is 11.5 Å². The van der Waals surface area contributed by atoms with Gasteiger partial charge in [0.1, 0.15) is 0 Å². The van der Waals surface area contributed by atoms with E-state index in [0.29, 0.717) is 23.1 Å². The molecule has 1 amide bonds. The number of rotatable bonds is 8. The molecule has 116 valence electrons. The van der Waals surface area contributed by atoms with Crippen molar-refractivity contribution in [2.24, 2.45) is 0 Å². The van der Waals surface area contributed by atoms with Crippen molar-refractivity contribution in [2.75, 3.05) is 13.7 Å². The lowest BCUT2D eigenvalue weighted by molar-refractivity contribution is -0.138. The smallest absolute Gasteiger partial charge is 0.303 e. The first kappa shape index (κ1) is 17.1. The summed E-state index contributed by atoms with van der Waals surface area (Å²) in [5, 5.41) is 11.5. The van der Waals surface area contributed by atoms with Crippen molar-refractivity contribution in [1.82, 2.24) is 5.32 Å². The molecule has 0 radical (unpaired) electrons. The molecule has 0 atom stereocenters. The Morgan fingerprint density at radius 3 is 2.62 bits per heavy atom. The Morgan fingerprint density at radius 2 is 2.05 bits per heavy atom. The average Bonchev–Trinajstić information content (AvgIpc) is 2.43. The number of benzene rings is 1. The summed E-state index contributed by atoms with van der Waals surface area (Å²) in [6.45, 7) is 2.54. The Bertz CT molecular complexity index is 518. The number of methoxy groups -OCH3 is 1. The maximum absolute atomic E-state index is 11.5. The predicted molar refractivity (Wildman–Crippen MR) is 77.9 cm³/mol. The fraction of sp³-hybridized carbons (Fsp3) is 0.429. The summed E-state index contributed by atoms with van der Waals surface area (Å²) < 4.78 is 10.6. The van der Waals surface area contributed by atoms with E-state index in [4.69, 9.17) is 26.2 Å². The van der Waals surface area contributed by atoms with Gasteiger partial charge in [-0.2, -0.15) is 0 Å². The molecule has 0 saturated heterocycles. The highest BCUT2D eigenvalue weighted by atomic mass is 35.5. The van der Waals surface area contributed by atoms with Crippen LogP contribution in [0.25, 0.3) is 0 Å². The highest BCUT2D eigenvalue weighted by molar-refractivity contribution is 6.32. The van der Waals surface area contributed by atoms with Crippen molar-refractivity contribution >= 4 is 23.5 Å². The van der Waals surface area contributed by atoms with Crippen LogP contribution in [0.1, 0.15) is 25.3 Å². The Morgan fingerprint density at radius 1 is 1.33 bits per heavy atom. The number of halogens is 1. The number of amides is 1. The van der Waals surface area contributed by atoms with Gasteiger partial charge in [0.2, 0.25) is 5.91 Å². The lowest BCUT2D eigenvalue weighted by Gasteiger charge is -2.13. The van der Waals surface area contributed by atoms with Gasteiger partial charge in [-0.15, -0.1) is 0 Å². The first-order valence-corrected chi connectivity index (χ1v) is 6.83. The maximum atomic E-state index is 11.5. The van der Waals surface area contributed by atoms with Gasteiger partial charge in [-0.05, 0) is 24.6 Å². The number of carbonyl (C=O) groups is 2. The van der Waals surface area contributed by atoms with Crippen LogP contribution in [0, 0.1) is 0 Å². The van der Waals surface area contributed by atoms with Crippen LogP contribution in [0.2, 0.25) is 5.02 Å². The average molecular weight is 316 g/mol. The van der Waals surface area contributed by atoms with Crippen LogP contribution in [0.3, 0.4) is 0 Å². The number of nitrogens with one attached hydrogen (secondary N) is 1. The molecule has 0 bridgehead atoms. The van der Waals surface area contributed by atoms with Crippen molar-refractivity contribution < 1.29 is 24.2 Å². The van der Waals surface area contributed by atoms with E-state index in [2.05, 4.69) is 5.32 Å². The van der Waals surface area contributed by atoms with Crippen LogP contribution in [-0.4, -0.2) is 30.7 Å². The number of hydrogen-bond acceptors (Lipinski definition) is 4. The number of carboxylic acids is 1. The van der Waals surface area contributed by atoms with Gasteiger partial charge in [-0.25, -0.2) is 0 Å². The molecular formula is C14H18ClNO5. The van der Waals surface area contributed by atoms with Gasteiger partial charge >= 0.3 is 5.97 Å². The molecule has 0 aromatic heterocycles. The van der Waals surface area contributed by atoms with Gasteiger partial charge < -0.3 is 19.9 Å². The van der Waals surface area contributed by atoms with Crippen LogP contribution in [0.5, 0.6) is 11.5 Å². The summed E-state index contributed by atoms with van der Waals surface area (Å²) in [6.07, 6.45) is -0.253. The van der Waals surface area contributed by atoms with Crippen molar-refractivity contribution in [1.29, 1.82) is 0 Å². The fourth-order valence-electron chi connectivity index (χ4n) is 1.69. The second-order valence-corrected chi connectivity index (χ2v) is 4.62. The minimum Gasteiger partial charge on any atom is -0.491 e. The quantitative estimate of drug-likeness (QED) is 0.768. The zero-order valence-corrected chi connectivity index (χ0v) is 12.7. The third kappa shape index (κ3) is 5.51. The Kier molecular flexibility index (Phi) is 6.81. The van der Waals surface area contributed by atoms with E-state index in [-0.39, 0.29) is 25.3 Å². The summed E-state index contributed by atoms with van der Waals surface area (Å²) in [6, 6.07) is 3.39. The summed E-state index contributed by atoms with van der Waals surface area (Å²) in [4.78, 5) is 21.9. The molecule has 0 unspecified atom stereocenters. The second kappa shape index (κ2) is 8.36. The zero-order chi connectivity index (χ0) is 15.8. The third-order valence-electron chi connectivity index (χ3n) is 2.63. The number of ether oxygens (including phenoxy) is 2. The number of carboxylic acid groups (broad SMARTS) is 1. The van der Waals surface area contributed by atoms with Crippen LogP contribution in [-0.2, 0) is 16.1 Å². The third-order valence-corrected chi connectivity index (χ3v) is 2.91. The van der Waals surface area contributed by atoms with Crippen LogP contribution in [0.4, 0.5) is 0 Å². The Hall–Kier alpha value is -1.95. The molecule has 6 nitrogen and oxygen atoms in total. The van der Waals surface area contributed by atoms with Crippen LogP contribution >= 0.6 is 11.6 Å². The molecule has 1 rings (SSSR count). The fourth-order valence-corrected chi connectivity index (χ4v) is 2.00. The molecule has 0 aliphatic rings. The Balaban J connectivity index is 2.71. The van der Waals surface area contributed by atoms with Crippen molar-refractivity contribution in [3.63, 3.8) is 0 Å². The molecule has 21 heavy (non-hydrogen) atoms. The molecular weight excluding hydrogens is 298 g/mol. The lowest BCUT2D eigenvalue weighted by Crippen LogP contribution is -2.23. The normalized spacial score (nSPS) is 10.0. The van der Waals surface area contributed by atoms with Gasteiger partial charge in [0.05, 0.1) is 25.2 Å². The van der Waals surface area contributed by atoms with Gasteiger partial charge in [0.15, 0.2) is 11.5 Å². The summed E-state index contributed by atoms with van der Waals surface area (Å²) in [5.41, 5.74) is 0.743. The largest absolute Gasteiger partial charge is 0.491 e. The topological polar surface area (TPSA) is 84.9 Å². The van der Waals surface area contributed by atoms with Crippen molar-refractivity contribution in [3.05, 3.63) is 22.7 Å². The van der Waals surface area contributed by atoms with Gasteiger partial charge in [-0.3, -0.25) is 9.59 Å². The number of aliphatic carboxylic acids is 1. The molecule has 0 spiro atoms. The first-order valence-electron chi connectivity index (χ1n) is 6.45. The first-order chi connectivity index (χ1) is 9.97. The minimum atomic E-state index is -1.00. The molecule has 1 aromatic rings. The number of hydrogen-bond donors (Lipinski definition) is 2. The van der Waals surface area contributed by atoms with Crippen LogP contribution < -0.4 is 14.8 Å². The summed E-state index contributed by atoms with van der Waals surface area (Å²) in [5.74, 6) is -0.389. The molecule has 0 saturated carbocycles. The summed E-state index contributed by atoms with van der Waals surface area (Å²) in [7, 11) is 1.50. The highest BCUT2D eigenvalue weighted by Gasteiger charge is 2.12. The molecule has 7 heteroatoms. The molecule has 1 aromatic carbocycles. The van der Waals surface area contributed by atoms with E-state index in [0.717, 1.165) is 5.56 Å². The molecule has 0 heterocycles. The SMILES string of the molecule is CCOc1cc(CNC(=O)CCC(=O)O)cc(Cl)c1OC. The zero-order valence-electron chi connectivity index (χ0n) is 11.9. The van der Waals surface area contributed by atoms with Crippen molar-refractivity contribution in [2.45, 2.75) is 26.3 Å². The molecule has 0 aliphatic heterocycles. The molecule has 0 aliphatic carbocycles. The van der Waals surface area contributed by atoms with E-state index < -0.39 is 5.97 Å². The lowest BCUT2D eigenvalue weighted by atomic mass is 10.2. The second-order valence-electron chi connectivity index (χ2n) is 4.21. The minimum absolute atomic E-state index is 0.0580. The predicted octanol–water partition coefficient (Wildman–Crippen LogP) is 2.23. The Labute approximate surface area is 128 Å². The van der Waals surface area contributed by atoms with E-state index in [1.807, 2.05) is 6.92 Å². The van der Waals surface area contributed by atoms with Gasteiger partial charge in [0, 0.05) is 13.0 Å². The summed E-state index contributed by atoms with van der Waals surface area (Å²) >= 11 is 6.09. The van der Waals surface area contributed by atoms with E-state index >= 15 is 0 Å². The standard InChI is InChI=1S/C14H18ClNO5/c1-3-21-11-7-9(6-10(15)14(11)20-2)8-16-12(17)4-5-13(18)19/h6-7H,3-5,8H2,1-2H3,(H,16,17)(H,18,19). The highest BCUT2D eigenvalue weighted by Crippen LogP contribution is 2.36. The van der Waals surface area contributed by atoms with E-state index in [9.17, 15) is 9.59 Å². The van der Waals surface area contributed by atoms with E-state index in [1.165, 1.54) is 7.11 Å². The maximum Gasteiger partial charge on any atom is 0.303 e.